The number of hydrogen-bond donors (Lipinski definition) is 2. The molecule has 146 valence electrons. The van der Waals surface area contributed by atoms with Crippen LogP contribution in [0, 0.1) is 24.7 Å². The molecule has 1 amide bonds. The number of aromatic nitrogens is 2. The maximum absolute atomic E-state index is 12.8. The van der Waals surface area contributed by atoms with Gasteiger partial charge in [0.1, 0.15) is 0 Å². The number of piperidine rings is 1. The molecule has 2 N–H and O–H groups in total. The molecule has 0 bridgehead atoms. The van der Waals surface area contributed by atoms with E-state index in [4.69, 9.17) is 4.98 Å². The summed E-state index contributed by atoms with van der Waals surface area (Å²) < 4.78 is 0. The van der Waals surface area contributed by atoms with Crippen molar-refractivity contribution in [1.82, 2.24) is 15.3 Å². The second-order valence-corrected chi connectivity index (χ2v) is 8.72. The van der Waals surface area contributed by atoms with E-state index in [0.717, 1.165) is 49.3 Å². The molecule has 1 saturated carbocycles. The van der Waals surface area contributed by atoms with Crippen LogP contribution in [-0.2, 0) is 4.79 Å². The SMILES string of the molecule is Cc1ccc2nc(N3CCC(C(=O)N[C@@H]4CCC[C@@H](C)[C@H]4C)CC3)[nH]c2c1. The van der Waals surface area contributed by atoms with Gasteiger partial charge in [-0.1, -0.05) is 32.8 Å². The number of nitrogens with one attached hydrogen (secondary N) is 2. The van der Waals surface area contributed by atoms with Crippen molar-refractivity contribution in [3.05, 3.63) is 23.8 Å². The highest BCUT2D eigenvalue weighted by molar-refractivity contribution is 5.80. The minimum atomic E-state index is 0.136. The van der Waals surface area contributed by atoms with Gasteiger partial charge in [0, 0.05) is 25.0 Å². The molecule has 1 aliphatic heterocycles. The van der Waals surface area contributed by atoms with Crippen molar-refractivity contribution < 1.29 is 4.79 Å². The van der Waals surface area contributed by atoms with E-state index in [0.29, 0.717) is 17.9 Å². The van der Waals surface area contributed by atoms with Crippen LogP contribution in [0.15, 0.2) is 18.2 Å². The predicted molar refractivity (Wildman–Crippen MR) is 110 cm³/mol. The minimum Gasteiger partial charge on any atom is -0.353 e. The molecule has 27 heavy (non-hydrogen) atoms. The molecule has 2 aromatic rings. The lowest BCUT2D eigenvalue weighted by atomic mass is 9.78. The zero-order valence-corrected chi connectivity index (χ0v) is 16.8. The number of carbonyl (C=O) groups is 1. The summed E-state index contributed by atoms with van der Waals surface area (Å²) in [5.41, 5.74) is 3.33. The van der Waals surface area contributed by atoms with E-state index >= 15 is 0 Å². The molecule has 1 aromatic carbocycles. The number of imidazole rings is 1. The Kier molecular flexibility index (Phi) is 5.11. The van der Waals surface area contributed by atoms with Crippen LogP contribution < -0.4 is 10.2 Å². The third-order valence-electron chi connectivity index (χ3n) is 6.82. The summed E-state index contributed by atoms with van der Waals surface area (Å²) in [4.78, 5) is 23.2. The van der Waals surface area contributed by atoms with Crippen molar-refractivity contribution in [3.8, 4) is 0 Å². The van der Waals surface area contributed by atoms with Gasteiger partial charge in [-0.15, -0.1) is 0 Å². The van der Waals surface area contributed by atoms with Crippen molar-refractivity contribution in [3.63, 3.8) is 0 Å². The van der Waals surface area contributed by atoms with Gasteiger partial charge in [0.25, 0.3) is 0 Å². The number of carbonyl (C=O) groups excluding carboxylic acids is 1. The summed E-state index contributed by atoms with van der Waals surface area (Å²) in [6.45, 7) is 8.47. The minimum absolute atomic E-state index is 0.136. The molecule has 4 rings (SSSR count). The lowest BCUT2D eigenvalue weighted by Crippen LogP contribution is -2.48. The highest BCUT2D eigenvalue weighted by Gasteiger charge is 2.32. The Labute approximate surface area is 161 Å². The first-order valence-electron chi connectivity index (χ1n) is 10.5. The van der Waals surface area contributed by atoms with Gasteiger partial charge in [0.15, 0.2) is 0 Å². The zero-order valence-electron chi connectivity index (χ0n) is 16.8. The van der Waals surface area contributed by atoms with Crippen molar-refractivity contribution in [2.45, 2.75) is 58.9 Å². The molecule has 1 aromatic heterocycles. The van der Waals surface area contributed by atoms with Gasteiger partial charge in [-0.05, 0) is 55.7 Å². The Morgan fingerprint density at radius 3 is 2.74 bits per heavy atom. The molecule has 0 unspecified atom stereocenters. The van der Waals surface area contributed by atoms with E-state index in [1.807, 2.05) is 0 Å². The number of nitrogens with zero attached hydrogens (tertiary/aromatic N) is 2. The smallest absolute Gasteiger partial charge is 0.223 e. The summed E-state index contributed by atoms with van der Waals surface area (Å²) in [5.74, 6) is 2.63. The Hall–Kier alpha value is -2.04. The number of aromatic amines is 1. The van der Waals surface area contributed by atoms with Crippen molar-refractivity contribution in [1.29, 1.82) is 0 Å². The Balaban J connectivity index is 1.34. The van der Waals surface area contributed by atoms with Crippen molar-refractivity contribution in [2.24, 2.45) is 17.8 Å². The van der Waals surface area contributed by atoms with Crippen LogP contribution in [0.3, 0.4) is 0 Å². The molecule has 2 fully saturated rings. The Bertz CT molecular complexity index is 806. The first-order valence-corrected chi connectivity index (χ1v) is 10.5. The van der Waals surface area contributed by atoms with Gasteiger partial charge >= 0.3 is 0 Å². The topological polar surface area (TPSA) is 61.0 Å². The molecule has 0 spiro atoms. The fourth-order valence-corrected chi connectivity index (χ4v) is 4.70. The lowest BCUT2D eigenvalue weighted by molar-refractivity contribution is -0.127. The molecular formula is C22H32N4O. The lowest BCUT2D eigenvalue weighted by Gasteiger charge is -2.37. The van der Waals surface area contributed by atoms with Crippen LogP contribution in [0.5, 0.6) is 0 Å². The van der Waals surface area contributed by atoms with Crippen LogP contribution in [0.25, 0.3) is 11.0 Å². The van der Waals surface area contributed by atoms with Gasteiger partial charge in [-0.3, -0.25) is 4.79 Å². The van der Waals surface area contributed by atoms with E-state index in [1.54, 1.807) is 0 Å². The third kappa shape index (κ3) is 3.83. The van der Waals surface area contributed by atoms with Gasteiger partial charge in [-0.2, -0.15) is 0 Å². The van der Waals surface area contributed by atoms with Gasteiger partial charge in [-0.25, -0.2) is 4.98 Å². The molecule has 2 aliphatic rings. The second kappa shape index (κ2) is 7.53. The normalized spacial score (nSPS) is 27.1. The summed E-state index contributed by atoms with van der Waals surface area (Å²) in [6, 6.07) is 6.66. The standard InChI is InChI=1S/C22H32N4O/c1-14-7-8-19-20(13-14)25-22(24-19)26-11-9-17(10-12-26)21(27)23-18-6-4-5-15(2)16(18)3/h7-8,13,15-18H,4-6,9-12H2,1-3H3,(H,23,27)(H,24,25)/t15-,16-,18-/m1/s1. The van der Waals surface area contributed by atoms with E-state index in [9.17, 15) is 4.79 Å². The van der Waals surface area contributed by atoms with Crippen LogP contribution in [-0.4, -0.2) is 35.0 Å². The third-order valence-corrected chi connectivity index (χ3v) is 6.82. The number of benzene rings is 1. The maximum Gasteiger partial charge on any atom is 0.223 e. The van der Waals surface area contributed by atoms with E-state index in [-0.39, 0.29) is 11.8 Å². The molecule has 3 atom stereocenters. The number of fused-ring (bicyclic) bond motifs is 1. The average molecular weight is 369 g/mol. The van der Waals surface area contributed by atoms with Crippen LogP contribution in [0.2, 0.25) is 0 Å². The molecule has 0 radical (unpaired) electrons. The van der Waals surface area contributed by atoms with Crippen LogP contribution in [0.1, 0.15) is 51.5 Å². The van der Waals surface area contributed by atoms with E-state index in [1.165, 1.54) is 18.4 Å². The van der Waals surface area contributed by atoms with Crippen molar-refractivity contribution >= 4 is 22.9 Å². The van der Waals surface area contributed by atoms with E-state index in [2.05, 4.69) is 54.2 Å². The number of H-pyrrole nitrogens is 1. The maximum atomic E-state index is 12.8. The summed E-state index contributed by atoms with van der Waals surface area (Å²) in [6.07, 6.45) is 5.47. The summed E-state index contributed by atoms with van der Waals surface area (Å²) in [5, 5.41) is 3.37. The number of hydrogen-bond acceptors (Lipinski definition) is 3. The monoisotopic (exact) mass is 368 g/mol. The predicted octanol–water partition coefficient (Wildman–Crippen LogP) is 4.03. The summed E-state index contributed by atoms with van der Waals surface area (Å²) >= 11 is 0. The quantitative estimate of drug-likeness (QED) is 0.860. The van der Waals surface area contributed by atoms with Crippen LogP contribution >= 0.6 is 0 Å². The first kappa shape index (κ1) is 18.3. The van der Waals surface area contributed by atoms with Crippen LogP contribution in [0.4, 0.5) is 5.95 Å². The number of anilines is 1. The molecule has 5 nitrogen and oxygen atoms in total. The number of rotatable bonds is 3. The average Bonchev–Trinajstić information content (AvgIpc) is 3.08. The fraction of sp³-hybridized carbons (Fsp3) is 0.636. The fourth-order valence-electron chi connectivity index (χ4n) is 4.70. The molecule has 1 saturated heterocycles. The Morgan fingerprint density at radius 1 is 1.19 bits per heavy atom. The number of amides is 1. The van der Waals surface area contributed by atoms with Gasteiger partial charge in [0.2, 0.25) is 11.9 Å². The largest absolute Gasteiger partial charge is 0.353 e. The number of aryl methyl sites for hydroxylation is 1. The zero-order chi connectivity index (χ0) is 19.0. The molecule has 1 aliphatic carbocycles. The second-order valence-electron chi connectivity index (χ2n) is 8.72. The van der Waals surface area contributed by atoms with Gasteiger partial charge < -0.3 is 15.2 Å². The highest BCUT2D eigenvalue weighted by Crippen LogP contribution is 2.30. The highest BCUT2D eigenvalue weighted by atomic mass is 16.2. The Morgan fingerprint density at radius 2 is 1.96 bits per heavy atom. The molecular weight excluding hydrogens is 336 g/mol. The summed E-state index contributed by atoms with van der Waals surface area (Å²) in [7, 11) is 0. The van der Waals surface area contributed by atoms with Crippen molar-refractivity contribution in [2.75, 3.05) is 18.0 Å². The van der Waals surface area contributed by atoms with E-state index < -0.39 is 0 Å². The molecule has 5 heteroatoms. The molecule has 2 heterocycles. The van der Waals surface area contributed by atoms with Gasteiger partial charge in [0.05, 0.1) is 11.0 Å². The first-order chi connectivity index (χ1) is 13.0.